The van der Waals surface area contributed by atoms with Crippen LogP contribution in [0.25, 0.3) is 0 Å². The van der Waals surface area contributed by atoms with Gasteiger partial charge in [-0.2, -0.15) is 0 Å². The number of benzene rings is 1. The Balaban J connectivity index is 1.59. The molecule has 0 amide bonds. The average molecular weight is 275 g/mol. The lowest BCUT2D eigenvalue weighted by Crippen LogP contribution is -2.48. The highest BCUT2D eigenvalue weighted by Gasteiger charge is 2.43. The van der Waals surface area contributed by atoms with Gasteiger partial charge in [-0.25, -0.2) is 0 Å². The zero-order chi connectivity index (χ0) is 13.8. The van der Waals surface area contributed by atoms with Crippen molar-refractivity contribution in [2.75, 3.05) is 13.2 Å². The van der Waals surface area contributed by atoms with Crippen LogP contribution in [0.4, 0.5) is 0 Å². The third-order valence-electron chi connectivity index (χ3n) is 4.49. The second-order valence-electron chi connectivity index (χ2n) is 6.05. The Morgan fingerprint density at radius 2 is 2.30 bits per heavy atom. The van der Waals surface area contributed by atoms with Crippen LogP contribution in [0.3, 0.4) is 0 Å². The highest BCUT2D eigenvalue weighted by atomic mass is 16.5. The molecular weight excluding hydrogens is 250 g/mol. The standard InChI is InChI=1S/C17H25NO2/c1-2-18-13-14-5-3-6-15(11-14)20-16-7-10-19-17(12-16)8-4-9-17/h3,5-6,11,16,18H,2,4,7-10,12-13H2,1H3. The molecule has 1 saturated heterocycles. The summed E-state index contributed by atoms with van der Waals surface area (Å²) in [5.74, 6) is 1.00. The maximum absolute atomic E-state index is 6.20. The van der Waals surface area contributed by atoms with E-state index >= 15 is 0 Å². The zero-order valence-electron chi connectivity index (χ0n) is 12.4. The quantitative estimate of drug-likeness (QED) is 0.894. The summed E-state index contributed by atoms with van der Waals surface area (Å²) in [5.41, 5.74) is 1.44. The lowest BCUT2D eigenvalue weighted by atomic mass is 9.74. The summed E-state index contributed by atoms with van der Waals surface area (Å²) < 4.78 is 12.2. The molecule has 1 aliphatic carbocycles. The molecule has 110 valence electrons. The summed E-state index contributed by atoms with van der Waals surface area (Å²) in [5, 5.41) is 3.35. The van der Waals surface area contributed by atoms with Crippen LogP contribution in [-0.4, -0.2) is 24.9 Å². The van der Waals surface area contributed by atoms with Crippen molar-refractivity contribution in [1.82, 2.24) is 5.32 Å². The molecule has 1 unspecified atom stereocenters. The van der Waals surface area contributed by atoms with Crippen molar-refractivity contribution in [3.8, 4) is 5.75 Å². The van der Waals surface area contributed by atoms with Crippen LogP contribution in [-0.2, 0) is 11.3 Å². The molecule has 0 bridgehead atoms. The molecule has 0 radical (unpaired) electrons. The van der Waals surface area contributed by atoms with Gasteiger partial charge in [0.2, 0.25) is 0 Å². The van der Waals surface area contributed by atoms with Gasteiger partial charge in [0, 0.05) is 19.4 Å². The van der Waals surface area contributed by atoms with Crippen LogP contribution in [0.2, 0.25) is 0 Å². The van der Waals surface area contributed by atoms with Crippen LogP contribution in [0.15, 0.2) is 24.3 Å². The predicted molar refractivity (Wildman–Crippen MR) is 80.0 cm³/mol. The molecule has 0 aromatic heterocycles. The Bertz CT molecular complexity index is 442. The van der Waals surface area contributed by atoms with E-state index in [4.69, 9.17) is 9.47 Å². The average Bonchev–Trinajstić information content (AvgIpc) is 2.44. The topological polar surface area (TPSA) is 30.5 Å². The molecule has 1 saturated carbocycles. The fraction of sp³-hybridized carbons (Fsp3) is 0.647. The van der Waals surface area contributed by atoms with Gasteiger partial charge in [-0.1, -0.05) is 19.1 Å². The van der Waals surface area contributed by atoms with Gasteiger partial charge >= 0.3 is 0 Å². The Hall–Kier alpha value is -1.06. The minimum absolute atomic E-state index is 0.157. The van der Waals surface area contributed by atoms with Gasteiger partial charge in [-0.05, 0) is 43.5 Å². The summed E-state index contributed by atoms with van der Waals surface area (Å²) in [6.07, 6.45) is 6.13. The van der Waals surface area contributed by atoms with E-state index in [1.807, 2.05) is 0 Å². The van der Waals surface area contributed by atoms with Crippen molar-refractivity contribution in [2.24, 2.45) is 0 Å². The fourth-order valence-corrected chi connectivity index (χ4v) is 3.19. The summed E-state index contributed by atoms with van der Waals surface area (Å²) >= 11 is 0. The maximum Gasteiger partial charge on any atom is 0.120 e. The van der Waals surface area contributed by atoms with E-state index < -0.39 is 0 Å². The van der Waals surface area contributed by atoms with Gasteiger partial charge in [0.15, 0.2) is 0 Å². The van der Waals surface area contributed by atoms with Crippen LogP contribution >= 0.6 is 0 Å². The molecule has 3 rings (SSSR count). The Morgan fingerprint density at radius 3 is 3.05 bits per heavy atom. The van der Waals surface area contributed by atoms with E-state index in [1.165, 1.54) is 24.8 Å². The summed E-state index contributed by atoms with van der Waals surface area (Å²) in [4.78, 5) is 0. The first-order chi connectivity index (χ1) is 9.80. The summed E-state index contributed by atoms with van der Waals surface area (Å²) in [6.45, 7) is 4.88. The van der Waals surface area contributed by atoms with E-state index in [0.29, 0.717) is 6.10 Å². The molecule has 20 heavy (non-hydrogen) atoms. The molecule has 1 heterocycles. The largest absolute Gasteiger partial charge is 0.490 e. The van der Waals surface area contributed by atoms with Crippen LogP contribution < -0.4 is 10.1 Å². The smallest absolute Gasteiger partial charge is 0.120 e. The molecule has 2 fully saturated rings. The first-order valence-electron chi connectivity index (χ1n) is 7.90. The Labute approximate surface area is 121 Å². The van der Waals surface area contributed by atoms with Crippen molar-refractivity contribution >= 4 is 0 Å². The fourth-order valence-electron chi connectivity index (χ4n) is 3.19. The lowest BCUT2D eigenvalue weighted by Gasteiger charge is -2.46. The molecule has 1 N–H and O–H groups in total. The Morgan fingerprint density at radius 1 is 1.40 bits per heavy atom. The van der Waals surface area contributed by atoms with E-state index in [0.717, 1.165) is 38.3 Å². The second-order valence-corrected chi connectivity index (χ2v) is 6.05. The van der Waals surface area contributed by atoms with Crippen molar-refractivity contribution in [3.05, 3.63) is 29.8 Å². The third-order valence-corrected chi connectivity index (χ3v) is 4.49. The van der Waals surface area contributed by atoms with Gasteiger partial charge in [-0.15, -0.1) is 0 Å². The minimum atomic E-state index is 0.157. The van der Waals surface area contributed by atoms with E-state index in [1.54, 1.807) is 0 Å². The molecule has 1 aromatic carbocycles. The first-order valence-corrected chi connectivity index (χ1v) is 7.90. The van der Waals surface area contributed by atoms with E-state index in [2.05, 4.69) is 36.5 Å². The van der Waals surface area contributed by atoms with Gasteiger partial charge < -0.3 is 14.8 Å². The number of hydrogen-bond acceptors (Lipinski definition) is 3. The van der Waals surface area contributed by atoms with E-state index in [9.17, 15) is 0 Å². The van der Waals surface area contributed by atoms with Gasteiger partial charge in [0.25, 0.3) is 0 Å². The molecule has 1 atom stereocenters. The van der Waals surface area contributed by atoms with Crippen LogP contribution in [0.1, 0.15) is 44.6 Å². The first kappa shape index (κ1) is 13.9. The number of nitrogens with one attached hydrogen (secondary N) is 1. The highest BCUT2D eigenvalue weighted by Crippen LogP contribution is 2.43. The molecule has 3 nitrogen and oxygen atoms in total. The minimum Gasteiger partial charge on any atom is -0.490 e. The molecule has 2 aliphatic rings. The SMILES string of the molecule is CCNCc1cccc(OC2CCOC3(CCC3)C2)c1. The number of hydrogen-bond donors (Lipinski definition) is 1. The number of rotatable bonds is 5. The zero-order valence-corrected chi connectivity index (χ0v) is 12.4. The normalized spacial score (nSPS) is 24.4. The maximum atomic E-state index is 6.20. The van der Waals surface area contributed by atoms with Crippen molar-refractivity contribution in [2.45, 2.75) is 57.3 Å². The molecule has 1 aromatic rings. The lowest BCUT2D eigenvalue weighted by molar-refractivity contribution is -0.153. The predicted octanol–water partition coefficient (Wildman–Crippen LogP) is 3.28. The molecule has 3 heteroatoms. The van der Waals surface area contributed by atoms with Crippen molar-refractivity contribution in [1.29, 1.82) is 0 Å². The third kappa shape index (κ3) is 3.15. The molecule has 1 aliphatic heterocycles. The van der Waals surface area contributed by atoms with Crippen LogP contribution in [0, 0.1) is 0 Å². The second kappa shape index (κ2) is 6.15. The van der Waals surface area contributed by atoms with Crippen molar-refractivity contribution in [3.63, 3.8) is 0 Å². The number of ether oxygens (including phenoxy) is 2. The monoisotopic (exact) mass is 275 g/mol. The van der Waals surface area contributed by atoms with E-state index in [-0.39, 0.29) is 5.60 Å². The van der Waals surface area contributed by atoms with Crippen LogP contribution in [0.5, 0.6) is 5.75 Å². The summed E-state index contributed by atoms with van der Waals surface area (Å²) in [6, 6.07) is 8.46. The molecular formula is C17H25NO2. The van der Waals surface area contributed by atoms with Gasteiger partial charge in [0.05, 0.1) is 12.2 Å². The van der Waals surface area contributed by atoms with Crippen molar-refractivity contribution < 1.29 is 9.47 Å². The van der Waals surface area contributed by atoms with Gasteiger partial charge in [-0.3, -0.25) is 0 Å². The Kier molecular flexibility index (Phi) is 4.27. The summed E-state index contributed by atoms with van der Waals surface area (Å²) in [7, 11) is 0. The van der Waals surface area contributed by atoms with Gasteiger partial charge in [0.1, 0.15) is 11.9 Å². The highest BCUT2D eigenvalue weighted by molar-refractivity contribution is 5.28. The molecule has 1 spiro atoms.